The molecule has 1 aliphatic rings. The molecule has 1 aliphatic heterocycles. The molecule has 0 saturated heterocycles. The Balaban J connectivity index is 1.70. The highest BCUT2D eigenvalue weighted by molar-refractivity contribution is 6.30. The van der Waals surface area contributed by atoms with E-state index in [-0.39, 0.29) is 23.3 Å². The van der Waals surface area contributed by atoms with Crippen molar-refractivity contribution in [1.29, 1.82) is 0 Å². The van der Waals surface area contributed by atoms with Crippen molar-refractivity contribution in [2.45, 2.75) is 13.0 Å². The van der Waals surface area contributed by atoms with E-state index in [9.17, 15) is 14.9 Å². The van der Waals surface area contributed by atoms with Gasteiger partial charge < -0.3 is 19.5 Å². The minimum absolute atomic E-state index is 0.0391. The van der Waals surface area contributed by atoms with E-state index in [1.807, 2.05) is 0 Å². The number of nitro groups is 1. The third-order valence-corrected chi connectivity index (χ3v) is 3.67. The first-order valence-electron chi connectivity index (χ1n) is 7.25. The first-order valence-corrected chi connectivity index (χ1v) is 7.63. The summed E-state index contributed by atoms with van der Waals surface area (Å²) in [4.78, 5) is 22.7. The molecule has 0 aliphatic carbocycles. The molecule has 1 atom stereocenters. The van der Waals surface area contributed by atoms with E-state index in [4.69, 9.17) is 25.8 Å². The van der Waals surface area contributed by atoms with Gasteiger partial charge in [0.2, 0.25) is 6.79 Å². The van der Waals surface area contributed by atoms with Gasteiger partial charge in [0.25, 0.3) is 5.91 Å². The van der Waals surface area contributed by atoms with Gasteiger partial charge in [-0.1, -0.05) is 11.6 Å². The van der Waals surface area contributed by atoms with Crippen LogP contribution in [0.5, 0.6) is 17.2 Å². The average molecular weight is 365 g/mol. The third-order valence-electron chi connectivity index (χ3n) is 3.43. The van der Waals surface area contributed by atoms with Crippen molar-refractivity contribution in [2.24, 2.45) is 0 Å². The number of carbonyl (C=O) groups excluding carboxylic acids is 1. The number of hydrogen-bond acceptors (Lipinski definition) is 6. The Morgan fingerprint density at radius 1 is 1.28 bits per heavy atom. The third kappa shape index (κ3) is 3.74. The van der Waals surface area contributed by atoms with E-state index in [1.54, 1.807) is 18.2 Å². The minimum atomic E-state index is -0.967. The fourth-order valence-electron chi connectivity index (χ4n) is 2.20. The van der Waals surface area contributed by atoms with Gasteiger partial charge in [0.1, 0.15) is 0 Å². The Hall–Kier alpha value is -3.00. The van der Waals surface area contributed by atoms with Crippen LogP contribution in [0.15, 0.2) is 36.4 Å². The molecular weight excluding hydrogens is 352 g/mol. The largest absolute Gasteiger partial charge is 0.474 e. The number of halogens is 1. The van der Waals surface area contributed by atoms with E-state index in [1.165, 1.54) is 25.1 Å². The van der Waals surface area contributed by atoms with Gasteiger partial charge in [-0.05, 0) is 31.2 Å². The summed E-state index contributed by atoms with van der Waals surface area (Å²) in [6.07, 6.45) is -0.967. The number of nitro benzene ring substituents is 1. The molecule has 0 radical (unpaired) electrons. The van der Waals surface area contributed by atoms with Gasteiger partial charge in [0, 0.05) is 22.8 Å². The van der Waals surface area contributed by atoms with Crippen molar-refractivity contribution in [2.75, 3.05) is 12.1 Å². The first kappa shape index (κ1) is 16.8. The normalized spacial score (nSPS) is 13.2. The fraction of sp³-hybridized carbons (Fsp3) is 0.188. The van der Waals surface area contributed by atoms with Gasteiger partial charge in [0.15, 0.2) is 23.4 Å². The van der Waals surface area contributed by atoms with Crippen LogP contribution in [-0.4, -0.2) is 23.7 Å². The molecule has 130 valence electrons. The minimum Gasteiger partial charge on any atom is -0.474 e. The van der Waals surface area contributed by atoms with E-state index in [2.05, 4.69) is 5.32 Å². The summed E-state index contributed by atoms with van der Waals surface area (Å²) in [5, 5.41) is 13.9. The van der Waals surface area contributed by atoms with E-state index < -0.39 is 16.9 Å². The van der Waals surface area contributed by atoms with Crippen LogP contribution in [0.2, 0.25) is 5.02 Å². The molecule has 3 rings (SSSR count). The molecule has 8 nitrogen and oxygen atoms in total. The molecule has 0 saturated carbocycles. The van der Waals surface area contributed by atoms with Crippen molar-refractivity contribution in [3.8, 4) is 17.2 Å². The number of ether oxygens (including phenoxy) is 3. The second-order valence-electron chi connectivity index (χ2n) is 5.19. The van der Waals surface area contributed by atoms with Crippen LogP contribution in [0.25, 0.3) is 0 Å². The number of benzene rings is 2. The number of anilines is 1. The topological polar surface area (TPSA) is 99.9 Å². The Morgan fingerprint density at radius 3 is 2.80 bits per heavy atom. The maximum atomic E-state index is 12.3. The molecular formula is C16H13ClN2O6. The second kappa shape index (κ2) is 6.86. The average Bonchev–Trinajstić information content (AvgIpc) is 3.03. The molecule has 0 aromatic heterocycles. The Morgan fingerprint density at radius 2 is 2.04 bits per heavy atom. The second-order valence-corrected chi connectivity index (χ2v) is 5.62. The molecule has 25 heavy (non-hydrogen) atoms. The van der Waals surface area contributed by atoms with Crippen LogP contribution in [-0.2, 0) is 4.79 Å². The number of fused-ring (bicyclic) bond motifs is 1. The van der Waals surface area contributed by atoms with Crippen LogP contribution in [0.3, 0.4) is 0 Å². The molecule has 0 fully saturated rings. The monoisotopic (exact) mass is 364 g/mol. The van der Waals surface area contributed by atoms with Crippen molar-refractivity contribution < 1.29 is 23.9 Å². The number of rotatable bonds is 5. The lowest BCUT2D eigenvalue weighted by atomic mass is 10.2. The van der Waals surface area contributed by atoms with Gasteiger partial charge in [-0.25, -0.2) is 0 Å². The van der Waals surface area contributed by atoms with Gasteiger partial charge in [-0.2, -0.15) is 0 Å². The summed E-state index contributed by atoms with van der Waals surface area (Å²) in [5.74, 6) is 0.615. The SMILES string of the molecule is C[C@@H](Oc1ccc(Cl)cc1[N+](=O)[O-])C(=O)Nc1ccc2c(c1)OCO2. The smallest absolute Gasteiger partial charge is 0.312 e. The molecule has 1 N–H and O–H groups in total. The molecule has 0 bridgehead atoms. The Labute approximate surface area is 147 Å². The van der Waals surface area contributed by atoms with Crippen molar-refractivity contribution in [1.82, 2.24) is 0 Å². The van der Waals surface area contributed by atoms with E-state index >= 15 is 0 Å². The number of amides is 1. The summed E-state index contributed by atoms with van der Waals surface area (Å²) in [5.41, 5.74) is 0.186. The number of nitrogens with one attached hydrogen (secondary N) is 1. The lowest BCUT2D eigenvalue weighted by molar-refractivity contribution is -0.386. The molecule has 0 spiro atoms. The van der Waals surface area contributed by atoms with Gasteiger partial charge in [-0.3, -0.25) is 14.9 Å². The van der Waals surface area contributed by atoms with Gasteiger partial charge >= 0.3 is 5.69 Å². The molecule has 9 heteroatoms. The van der Waals surface area contributed by atoms with Gasteiger partial charge in [-0.15, -0.1) is 0 Å². The lowest BCUT2D eigenvalue weighted by Crippen LogP contribution is -2.30. The summed E-state index contributed by atoms with van der Waals surface area (Å²) in [6.45, 7) is 1.62. The highest BCUT2D eigenvalue weighted by Gasteiger charge is 2.22. The summed E-state index contributed by atoms with van der Waals surface area (Å²) >= 11 is 5.75. The predicted octanol–water partition coefficient (Wildman–Crippen LogP) is 3.38. The zero-order valence-electron chi connectivity index (χ0n) is 13.0. The van der Waals surface area contributed by atoms with E-state index in [0.717, 1.165) is 0 Å². The van der Waals surface area contributed by atoms with Crippen molar-refractivity contribution >= 4 is 28.9 Å². The van der Waals surface area contributed by atoms with E-state index in [0.29, 0.717) is 17.2 Å². The van der Waals surface area contributed by atoms with Crippen LogP contribution < -0.4 is 19.5 Å². The maximum Gasteiger partial charge on any atom is 0.312 e. The van der Waals surface area contributed by atoms with Crippen LogP contribution in [0.4, 0.5) is 11.4 Å². The summed E-state index contributed by atoms with van der Waals surface area (Å²) in [7, 11) is 0. The number of carbonyl (C=O) groups is 1. The Kier molecular flexibility index (Phi) is 4.62. The van der Waals surface area contributed by atoms with Crippen LogP contribution in [0, 0.1) is 10.1 Å². The number of nitrogens with zero attached hydrogens (tertiary/aromatic N) is 1. The molecule has 1 heterocycles. The van der Waals surface area contributed by atoms with Gasteiger partial charge in [0.05, 0.1) is 4.92 Å². The van der Waals surface area contributed by atoms with Crippen molar-refractivity contribution in [3.05, 3.63) is 51.5 Å². The fourth-order valence-corrected chi connectivity index (χ4v) is 2.36. The molecule has 0 unspecified atom stereocenters. The highest BCUT2D eigenvalue weighted by atomic mass is 35.5. The standard InChI is InChI=1S/C16H13ClN2O6/c1-9(25-13-4-2-10(17)6-12(13)19(21)22)16(20)18-11-3-5-14-15(7-11)24-8-23-14/h2-7,9H,8H2,1H3,(H,18,20)/t9-/m1/s1. The highest BCUT2D eigenvalue weighted by Crippen LogP contribution is 2.34. The van der Waals surface area contributed by atoms with Crippen LogP contribution >= 0.6 is 11.6 Å². The summed E-state index contributed by atoms with van der Waals surface area (Å²) in [6, 6.07) is 8.92. The maximum absolute atomic E-state index is 12.3. The Bertz CT molecular complexity index is 841. The zero-order valence-corrected chi connectivity index (χ0v) is 13.8. The first-order chi connectivity index (χ1) is 11.9. The zero-order chi connectivity index (χ0) is 18.0. The van der Waals surface area contributed by atoms with Crippen molar-refractivity contribution in [3.63, 3.8) is 0 Å². The number of hydrogen-bond donors (Lipinski definition) is 1. The van der Waals surface area contributed by atoms with Crippen LogP contribution in [0.1, 0.15) is 6.92 Å². The predicted molar refractivity (Wildman–Crippen MR) is 89.4 cm³/mol. The molecule has 2 aromatic rings. The summed E-state index contributed by atoms with van der Waals surface area (Å²) < 4.78 is 15.9. The quantitative estimate of drug-likeness (QED) is 0.644. The molecule has 1 amide bonds. The lowest BCUT2D eigenvalue weighted by Gasteiger charge is -2.15. The molecule has 2 aromatic carbocycles.